The Kier molecular flexibility index (Phi) is 6.87. The van der Waals surface area contributed by atoms with Crippen molar-refractivity contribution in [1.82, 2.24) is 15.3 Å². The highest BCUT2D eigenvalue weighted by molar-refractivity contribution is 6.36. The van der Waals surface area contributed by atoms with Crippen LogP contribution >= 0.6 is 0 Å². The molecular formula is C28H30N6O3. The lowest BCUT2D eigenvalue weighted by Crippen LogP contribution is -2.32. The average molecular weight is 499 g/mol. The fourth-order valence-electron chi connectivity index (χ4n) is 4.94. The molecule has 1 aromatic heterocycles. The highest BCUT2D eigenvalue weighted by Crippen LogP contribution is 2.41. The second-order valence-corrected chi connectivity index (χ2v) is 9.24. The molecule has 0 radical (unpaired) electrons. The quantitative estimate of drug-likeness (QED) is 0.354. The number of fused-ring (bicyclic) bond motifs is 1. The van der Waals surface area contributed by atoms with Crippen molar-refractivity contribution in [2.24, 2.45) is 10.3 Å². The first-order valence-corrected chi connectivity index (χ1v) is 12.4. The number of aliphatic hydroxyl groups is 1. The Morgan fingerprint density at radius 1 is 1.22 bits per heavy atom. The number of H-pyrrole nitrogens is 1. The van der Waals surface area contributed by atoms with E-state index in [0.29, 0.717) is 37.2 Å². The van der Waals surface area contributed by atoms with Gasteiger partial charge in [-0.2, -0.15) is 5.11 Å². The largest absolute Gasteiger partial charge is 0.396 e. The van der Waals surface area contributed by atoms with Crippen molar-refractivity contribution in [3.8, 4) is 11.1 Å². The molecule has 0 fully saturated rings. The second kappa shape index (κ2) is 10.4. The lowest BCUT2D eigenvalue weighted by molar-refractivity contribution is -0.110. The summed E-state index contributed by atoms with van der Waals surface area (Å²) in [6.45, 7) is 6.35. The number of hydrogen-bond donors (Lipinski definition) is 4. The molecule has 0 bridgehead atoms. The number of benzene rings is 2. The van der Waals surface area contributed by atoms with Gasteiger partial charge in [0.05, 0.1) is 30.8 Å². The maximum Gasteiger partial charge on any atom is 0.256 e. The Hall–Kier alpha value is -4.24. The average Bonchev–Trinajstić information content (AvgIpc) is 3.58. The molecule has 4 N–H and O–H groups in total. The van der Waals surface area contributed by atoms with Gasteiger partial charge >= 0.3 is 0 Å². The molecule has 0 unspecified atom stereocenters. The van der Waals surface area contributed by atoms with Gasteiger partial charge in [-0.05, 0) is 54.7 Å². The number of rotatable bonds is 8. The van der Waals surface area contributed by atoms with Crippen LogP contribution in [-0.4, -0.2) is 59.7 Å². The highest BCUT2D eigenvalue weighted by Gasteiger charge is 2.28. The van der Waals surface area contributed by atoms with Crippen LogP contribution in [-0.2, 0) is 11.2 Å². The van der Waals surface area contributed by atoms with Gasteiger partial charge in [-0.15, -0.1) is 0 Å². The van der Waals surface area contributed by atoms with Gasteiger partial charge in [0.25, 0.3) is 11.8 Å². The number of aryl methyl sites for hydroxylation is 1. The summed E-state index contributed by atoms with van der Waals surface area (Å²) < 4.78 is 0. The Morgan fingerprint density at radius 3 is 2.84 bits per heavy atom. The van der Waals surface area contributed by atoms with E-state index in [9.17, 15) is 14.7 Å². The number of aromatic amines is 1. The number of amides is 2. The van der Waals surface area contributed by atoms with Crippen molar-refractivity contribution < 1.29 is 14.7 Å². The minimum Gasteiger partial charge on any atom is -0.396 e. The summed E-state index contributed by atoms with van der Waals surface area (Å²) in [5.41, 5.74) is 7.87. The van der Waals surface area contributed by atoms with E-state index >= 15 is 0 Å². The molecule has 0 saturated carbocycles. The Labute approximate surface area is 215 Å². The van der Waals surface area contributed by atoms with Gasteiger partial charge in [0, 0.05) is 35.8 Å². The molecule has 0 spiro atoms. The first-order valence-electron chi connectivity index (χ1n) is 12.4. The number of anilines is 1. The third-order valence-corrected chi connectivity index (χ3v) is 6.76. The van der Waals surface area contributed by atoms with Gasteiger partial charge in [0.15, 0.2) is 0 Å². The van der Waals surface area contributed by atoms with Crippen LogP contribution in [0.5, 0.6) is 0 Å². The summed E-state index contributed by atoms with van der Waals surface area (Å²) in [4.78, 5) is 29.3. The molecule has 0 atom stereocenters. The standard InChI is InChI=1S/C28H30N6O3/c1-17-24(31-18(2)25(17)28(37)29-10-12-34-13-11-30-33-34)16-22-26-21(7-4-8-23(26)32-27(22)36)20-6-3-5-19(15-20)9-14-35/h3-8,15-16,31,35H,9-14H2,1-2H3,(H,29,37)(H,32,36). The third-order valence-electron chi connectivity index (χ3n) is 6.76. The summed E-state index contributed by atoms with van der Waals surface area (Å²) in [5, 5.41) is 25.1. The summed E-state index contributed by atoms with van der Waals surface area (Å²) in [7, 11) is 0. The molecule has 2 aliphatic heterocycles. The van der Waals surface area contributed by atoms with Crippen molar-refractivity contribution in [3.05, 3.63) is 76.1 Å². The van der Waals surface area contributed by atoms with Crippen LogP contribution < -0.4 is 10.6 Å². The third kappa shape index (κ3) is 4.90. The number of aliphatic hydroxyl groups excluding tert-OH is 1. The zero-order chi connectivity index (χ0) is 25.9. The normalized spacial score (nSPS) is 15.4. The zero-order valence-corrected chi connectivity index (χ0v) is 21.0. The Morgan fingerprint density at radius 2 is 2.05 bits per heavy atom. The van der Waals surface area contributed by atoms with E-state index in [2.05, 4.69) is 26.0 Å². The minimum atomic E-state index is -0.189. The molecule has 190 valence electrons. The smallest absolute Gasteiger partial charge is 0.256 e. The first-order chi connectivity index (χ1) is 18.0. The van der Waals surface area contributed by atoms with E-state index in [0.717, 1.165) is 51.4 Å². The number of carbonyl (C=O) groups is 2. The van der Waals surface area contributed by atoms with Crippen LogP contribution in [0.15, 0.2) is 52.8 Å². The van der Waals surface area contributed by atoms with Crippen LogP contribution in [0.4, 0.5) is 5.69 Å². The van der Waals surface area contributed by atoms with Crippen molar-refractivity contribution >= 4 is 29.2 Å². The molecule has 2 aromatic carbocycles. The van der Waals surface area contributed by atoms with Gasteiger partial charge in [0.1, 0.15) is 0 Å². The maximum atomic E-state index is 13.1. The number of nitrogens with one attached hydrogen (secondary N) is 3. The van der Waals surface area contributed by atoms with Crippen molar-refractivity contribution in [2.45, 2.75) is 20.3 Å². The Bertz CT molecular complexity index is 1420. The van der Waals surface area contributed by atoms with Crippen molar-refractivity contribution in [2.75, 3.05) is 38.1 Å². The van der Waals surface area contributed by atoms with Crippen LogP contribution in [0, 0.1) is 13.8 Å². The van der Waals surface area contributed by atoms with E-state index < -0.39 is 0 Å². The first kappa shape index (κ1) is 24.5. The minimum absolute atomic E-state index is 0.0757. The predicted molar refractivity (Wildman–Crippen MR) is 143 cm³/mol. The maximum absolute atomic E-state index is 13.1. The summed E-state index contributed by atoms with van der Waals surface area (Å²) >= 11 is 0. The molecule has 3 heterocycles. The van der Waals surface area contributed by atoms with Gasteiger partial charge in [-0.3, -0.25) is 14.6 Å². The Balaban J connectivity index is 1.45. The molecule has 9 heteroatoms. The van der Waals surface area contributed by atoms with E-state index in [4.69, 9.17) is 0 Å². The fourth-order valence-corrected chi connectivity index (χ4v) is 4.94. The summed E-state index contributed by atoms with van der Waals surface area (Å²) in [6, 6.07) is 13.8. The van der Waals surface area contributed by atoms with Gasteiger partial charge in [0.2, 0.25) is 0 Å². The number of aromatic nitrogens is 1. The highest BCUT2D eigenvalue weighted by atomic mass is 16.3. The fraction of sp³-hybridized carbons (Fsp3) is 0.286. The molecule has 37 heavy (non-hydrogen) atoms. The second-order valence-electron chi connectivity index (χ2n) is 9.24. The number of nitrogens with zero attached hydrogens (tertiary/aromatic N) is 3. The summed E-state index contributed by atoms with van der Waals surface area (Å²) in [5.74, 6) is -0.351. The molecule has 5 rings (SSSR count). The van der Waals surface area contributed by atoms with E-state index in [1.165, 1.54) is 0 Å². The zero-order valence-electron chi connectivity index (χ0n) is 21.0. The van der Waals surface area contributed by atoms with Crippen LogP contribution in [0.3, 0.4) is 0 Å². The van der Waals surface area contributed by atoms with Crippen molar-refractivity contribution in [3.63, 3.8) is 0 Å². The monoisotopic (exact) mass is 498 g/mol. The lowest BCUT2D eigenvalue weighted by Gasteiger charge is -2.12. The van der Waals surface area contributed by atoms with Crippen LogP contribution in [0.1, 0.15) is 38.4 Å². The topological polar surface area (TPSA) is 122 Å². The lowest BCUT2D eigenvalue weighted by atomic mass is 9.93. The molecule has 0 saturated heterocycles. The molecular weight excluding hydrogens is 468 g/mol. The number of carbonyl (C=O) groups excluding carboxylic acids is 2. The van der Waals surface area contributed by atoms with E-state index in [1.54, 1.807) is 0 Å². The molecule has 3 aromatic rings. The van der Waals surface area contributed by atoms with Gasteiger partial charge in [-0.1, -0.05) is 41.6 Å². The van der Waals surface area contributed by atoms with Crippen molar-refractivity contribution in [1.29, 1.82) is 0 Å². The predicted octanol–water partition coefficient (Wildman–Crippen LogP) is 3.74. The van der Waals surface area contributed by atoms with Crippen LogP contribution in [0.2, 0.25) is 0 Å². The molecule has 2 aliphatic rings. The molecule has 0 aliphatic carbocycles. The van der Waals surface area contributed by atoms with Gasteiger partial charge in [-0.25, -0.2) is 0 Å². The van der Waals surface area contributed by atoms with Gasteiger partial charge < -0.3 is 20.7 Å². The SMILES string of the molecule is Cc1[nH]c(C=C2C(=O)Nc3cccc(-c4cccc(CCO)c4)c32)c(C)c1C(=O)NCCN1CCN=N1. The molecule has 2 amide bonds. The van der Waals surface area contributed by atoms with E-state index in [1.807, 2.05) is 67.4 Å². The van der Waals surface area contributed by atoms with Crippen LogP contribution in [0.25, 0.3) is 22.8 Å². The molecule has 9 nitrogen and oxygen atoms in total. The summed E-state index contributed by atoms with van der Waals surface area (Å²) in [6.07, 6.45) is 2.39. The number of hydrogen-bond acceptors (Lipinski definition) is 6. The van der Waals surface area contributed by atoms with E-state index in [-0.39, 0.29) is 18.4 Å².